The summed E-state index contributed by atoms with van der Waals surface area (Å²) in [7, 11) is 0. The predicted molar refractivity (Wildman–Crippen MR) is 67.3 cm³/mol. The standard InChI is InChI=1S/C13H13N3O3/c14-5-6-19-11-3-1-10(2-4-11)16-13(18)9-7-12(17)15-8-9/h1-4,9H,6-8H2,(H,15,17)(H,16,18). The van der Waals surface area contributed by atoms with Crippen molar-refractivity contribution in [1.82, 2.24) is 5.32 Å². The minimum absolute atomic E-state index is 0.0123. The minimum atomic E-state index is -0.318. The highest BCUT2D eigenvalue weighted by atomic mass is 16.5. The summed E-state index contributed by atoms with van der Waals surface area (Å²) in [6.07, 6.45) is 0.231. The van der Waals surface area contributed by atoms with Crippen LogP contribution in [-0.4, -0.2) is 25.0 Å². The summed E-state index contributed by atoms with van der Waals surface area (Å²) >= 11 is 0. The molecule has 0 aromatic heterocycles. The maximum atomic E-state index is 11.8. The van der Waals surface area contributed by atoms with E-state index in [0.29, 0.717) is 18.0 Å². The van der Waals surface area contributed by atoms with Crippen LogP contribution in [0.3, 0.4) is 0 Å². The van der Waals surface area contributed by atoms with Gasteiger partial charge >= 0.3 is 0 Å². The molecule has 6 nitrogen and oxygen atoms in total. The summed E-state index contributed by atoms with van der Waals surface area (Å²) in [6, 6.07) is 8.60. The second kappa shape index (κ2) is 5.87. The summed E-state index contributed by atoms with van der Waals surface area (Å²) in [6.45, 7) is 0.371. The highest BCUT2D eigenvalue weighted by molar-refractivity contribution is 5.97. The molecule has 2 rings (SSSR count). The molecule has 1 unspecified atom stereocenters. The maximum absolute atomic E-state index is 11.8. The lowest BCUT2D eigenvalue weighted by molar-refractivity contribution is -0.123. The number of benzene rings is 1. The number of hydrogen-bond donors (Lipinski definition) is 2. The van der Waals surface area contributed by atoms with Crippen LogP contribution in [0, 0.1) is 17.2 Å². The van der Waals surface area contributed by atoms with Crippen molar-refractivity contribution in [2.24, 2.45) is 5.92 Å². The second-order valence-corrected chi connectivity index (χ2v) is 4.17. The summed E-state index contributed by atoms with van der Waals surface area (Å²) < 4.78 is 5.10. The molecule has 1 heterocycles. The predicted octanol–water partition coefficient (Wildman–Crippen LogP) is 0.664. The molecule has 1 aliphatic heterocycles. The normalized spacial score (nSPS) is 17.4. The van der Waals surface area contributed by atoms with E-state index in [0.717, 1.165) is 0 Å². The number of nitrogens with zero attached hydrogens (tertiary/aromatic N) is 1. The van der Waals surface area contributed by atoms with E-state index in [4.69, 9.17) is 10.00 Å². The summed E-state index contributed by atoms with van der Waals surface area (Å²) in [5.41, 5.74) is 0.633. The third-order valence-electron chi connectivity index (χ3n) is 2.77. The van der Waals surface area contributed by atoms with Crippen LogP contribution < -0.4 is 15.4 Å². The Kier molecular flexibility index (Phi) is 3.98. The first-order valence-corrected chi connectivity index (χ1v) is 5.86. The topological polar surface area (TPSA) is 91.2 Å². The van der Waals surface area contributed by atoms with Gasteiger partial charge in [-0.25, -0.2) is 0 Å². The fourth-order valence-electron chi connectivity index (χ4n) is 1.78. The molecular formula is C13H13N3O3. The average molecular weight is 259 g/mol. The molecule has 0 saturated carbocycles. The monoisotopic (exact) mass is 259 g/mol. The highest BCUT2D eigenvalue weighted by Gasteiger charge is 2.27. The van der Waals surface area contributed by atoms with Gasteiger partial charge in [-0.15, -0.1) is 0 Å². The van der Waals surface area contributed by atoms with E-state index in [2.05, 4.69) is 10.6 Å². The fourth-order valence-corrected chi connectivity index (χ4v) is 1.78. The van der Waals surface area contributed by atoms with Crippen molar-refractivity contribution in [3.63, 3.8) is 0 Å². The lowest BCUT2D eigenvalue weighted by atomic mass is 10.1. The van der Waals surface area contributed by atoms with Crippen LogP contribution in [0.5, 0.6) is 5.75 Å². The van der Waals surface area contributed by atoms with E-state index in [1.165, 1.54) is 0 Å². The van der Waals surface area contributed by atoms with Gasteiger partial charge in [0.25, 0.3) is 0 Å². The van der Waals surface area contributed by atoms with Crippen molar-refractivity contribution >= 4 is 17.5 Å². The molecule has 2 N–H and O–H groups in total. The van der Waals surface area contributed by atoms with Gasteiger partial charge in [0.2, 0.25) is 11.8 Å². The van der Waals surface area contributed by atoms with Crippen molar-refractivity contribution < 1.29 is 14.3 Å². The van der Waals surface area contributed by atoms with E-state index in [-0.39, 0.29) is 30.8 Å². The molecule has 1 aromatic carbocycles. The van der Waals surface area contributed by atoms with Gasteiger partial charge in [-0.1, -0.05) is 0 Å². The van der Waals surface area contributed by atoms with Crippen molar-refractivity contribution in [2.45, 2.75) is 6.42 Å². The Morgan fingerprint density at radius 1 is 1.47 bits per heavy atom. The Balaban J connectivity index is 1.90. The van der Waals surface area contributed by atoms with Gasteiger partial charge in [-0.05, 0) is 24.3 Å². The van der Waals surface area contributed by atoms with Gasteiger partial charge in [0.05, 0.1) is 5.92 Å². The van der Waals surface area contributed by atoms with E-state index < -0.39 is 0 Å². The molecule has 1 aromatic rings. The van der Waals surface area contributed by atoms with Crippen molar-refractivity contribution in [3.05, 3.63) is 24.3 Å². The Morgan fingerprint density at radius 3 is 2.79 bits per heavy atom. The van der Waals surface area contributed by atoms with Crippen LogP contribution in [0.25, 0.3) is 0 Å². The zero-order valence-corrected chi connectivity index (χ0v) is 10.2. The van der Waals surface area contributed by atoms with Crippen molar-refractivity contribution in [2.75, 3.05) is 18.5 Å². The second-order valence-electron chi connectivity index (χ2n) is 4.17. The van der Waals surface area contributed by atoms with E-state index >= 15 is 0 Å². The summed E-state index contributed by atoms with van der Waals surface area (Å²) in [5.74, 6) is -0.0243. The van der Waals surface area contributed by atoms with Gasteiger partial charge in [0, 0.05) is 18.7 Å². The molecule has 0 radical (unpaired) electrons. The minimum Gasteiger partial charge on any atom is -0.479 e. The number of ether oxygens (including phenoxy) is 1. The molecule has 2 amide bonds. The third-order valence-corrected chi connectivity index (χ3v) is 2.77. The molecule has 0 spiro atoms. The number of anilines is 1. The zero-order chi connectivity index (χ0) is 13.7. The number of rotatable bonds is 4. The molecule has 1 atom stereocenters. The van der Waals surface area contributed by atoms with Crippen LogP contribution in [0.4, 0.5) is 5.69 Å². The van der Waals surface area contributed by atoms with E-state index in [1.807, 2.05) is 6.07 Å². The fraction of sp³-hybridized carbons (Fsp3) is 0.308. The molecule has 1 aliphatic rings. The Hall–Kier alpha value is -2.55. The Labute approximate surface area is 110 Å². The SMILES string of the molecule is N#CCOc1ccc(NC(=O)C2CNC(=O)C2)cc1. The summed E-state index contributed by atoms with van der Waals surface area (Å²) in [5, 5.41) is 13.7. The quantitative estimate of drug-likeness (QED) is 0.831. The average Bonchev–Trinajstić information content (AvgIpc) is 2.85. The maximum Gasteiger partial charge on any atom is 0.229 e. The van der Waals surface area contributed by atoms with Crippen molar-refractivity contribution in [3.8, 4) is 11.8 Å². The molecule has 98 valence electrons. The number of nitriles is 1. The first-order valence-electron chi connectivity index (χ1n) is 5.86. The first kappa shape index (κ1) is 12.9. The molecular weight excluding hydrogens is 246 g/mol. The number of nitrogens with one attached hydrogen (secondary N) is 2. The molecule has 19 heavy (non-hydrogen) atoms. The molecule has 1 saturated heterocycles. The van der Waals surface area contributed by atoms with Crippen LogP contribution >= 0.6 is 0 Å². The van der Waals surface area contributed by atoms with Crippen LogP contribution in [0.15, 0.2) is 24.3 Å². The van der Waals surface area contributed by atoms with Crippen LogP contribution in [-0.2, 0) is 9.59 Å². The van der Waals surface area contributed by atoms with Crippen molar-refractivity contribution in [1.29, 1.82) is 5.26 Å². The molecule has 1 fully saturated rings. The lowest BCUT2D eigenvalue weighted by Crippen LogP contribution is -2.24. The van der Waals surface area contributed by atoms with Crippen LogP contribution in [0.1, 0.15) is 6.42 Å². The smallest absolute Gasteiger partial charge is 0.229 e. The van der Waals surface area contributed by atoms with Gasteiger partial charge in [0.15, 0.2) is 6.61 Å². The number of carbonyl (C=O) groups is 2. The van der Waals surface area contributed by atoms with Crippen LogP contribution in [0.2, 0.25) is 0 Å². The third kappa shape index (κ3) is 3.45. The number of hydrogen-bond acceptors (Lipinski definition) is 4. The Morgan fingerprint density at radius 2 is 2.21 bits per heavy atom. The lowest BCUT2D eigenvalue weighted by Gasteiger charge is -2.09. The zero-order valence-electron chi connectivity index (χ0n) is 10.2. The Bertz CT molecular complexity index is 519. The van der Waals surface area contributed by atoms with E-state index in [9.17, 15) is 9.59 Å². The molecule has 0 aliphatic carbocycles. The largest absolute Gasteiger partial charge is 0.479 e. The van der Waals surface area contributed by atoms with E-state index in [1.54, 1.807) is 24.3 Å². The first-order chi connectivity index (χ1) is 9.19. The van der Waals surface area contributed by atoms with Gasteiger partial charge in [-0.3, -0.25) is 9.59 Å². The number of amides is 2. The molecule has 6 heteroatoms. The summed E-state index contributed by atoms with van der Waals surface area (Å²) in [4.78, 5) is 22.9. The van der Waals surface area contributed by atoms with Gasteiger partial charge < -0.3 is 15.4 Å². The highest BCUT2D eigenvalue weighted by Crippen LogP contribution is 2.17. The molecule has 0 bridgehead atoms. The van der Waals surface area contributed by atoms with Gasteiger partial charge in [-0.2, -0.15) is 5.26 Å². The van der Waals surface area contributed by atoms with Gasteiger partial charge in [0.1, 0.15) is 11.8 Å². The number of carbonyl (C=O) groups excluding carboxylic acids is 2.